The predicted octanol–water partition coefficient (Wildman–Crippen LogP) is 1.46. The van der Waals surface area contributed by atoms with Crippen LogP contribution in [0.5, 0.6) is 0 Å². The van der Waals surface area contributed by atoms with Gasteiger partial charge in [-0.25, -0.2) is 4.79 Å². The van der Waals surface area contributed by atoms with Crippen molar-refractivity contribution in [2.75, 3.05) is 13.2 Å². The summed E-state index contributed by atoms with van der Waals surface area (Å²) in [4.78, 5) is 12.0. The summed E-state index contributed by atoms with van der Waals surface area (Å²) < 4.78 is 5.55. The monoisotopic (exact) mass is 292 g/mol. The van der Waals surface area contributed by atoms with Crippen molar-refractivity contribution in [2.24, 2.45) is 0 Å². The van der Waals surface area contributed by atoms with Crippen LogP contribution in [-0.2, 0) is 11.2 Å². The molecule has 5 heteroatoms. The third-order valence-corrected chi connectivity index (χ3v) is 3.76. The van der Waals surface area contributed by atoms with Crippen LogP contribution in [0.1, 0.15) is 25.3 Å². The van der Waals surface area contributed by atoms with Crippen LogP contribution in [-0.4, -0.2) is 42.5 Å². The van der Waals surface area contributed by atoms with E-state index in [1.54, 1.807) is 0 Å². The Kier molecular flexibility index (Phi) is 6.02. The van der Waals surface area contributed by atoms with E-state index in [1.807, 2.05) is 37.3 Å². The smallest absolute Gasteiger partial charge is 0.315 e. The van der Waals surface area contributed by atoms with Gasteiger partial charge in [-0.15, -0.1) is 0 Å². The van der Waals surface area contributed by atoms with E-state index in [9.17, 15) is 9.90 Å². The summed E-state index contributed by atoms with van der Waals surface area (Å²) in [5.74, 6) is 0. The average molecular weight is 292 g/mol. The maximum absolute atomic E-state index is 12.0. The van der Waals surface area contributed by atoms with Crippen molar-refractivity contribution in [3.63, 3.8) is 0 Å². The molecule has 0 bridgehead atoms. The Labute approximate surface area is 125 Å². The first-order chi connectivity index (χ1) is 10.2. The number of hydrogen-bond donors (Lipinski definition) is 3. The number of urea groups is 1. The lowest BCUT2D eigenvalue weighted by atomic mass is 10.1. The van der Waals surface area contributed by atoms with Crippen LogP contribution in [0.15, 0.2) is 30.3 Å². The molecule has 21 heavy (non-hydrogen) atoms. The number of hydrogen-bond acceptors (Lipinski definition) is 3. The van der Waals surface area contributed by atoms with Gasteiger partial charge < -0.3 is 20.5 Å². The molecule has 1 aliphatic heterocycles. The van der Waals surface area contributed by atoms with Crippen molar-refractivity contribution in [2.45, 2.75) is 44.4 Å². The van der Waals surface area contributed by atoms with Gasteiger partial charge in [0.1, 0.15) is 0 Å². The van der Waals surface area contributed by atoms with Gasteiger partial charge in [-0.1, -0.05) is 30.3 Å². The van der Waals surface area contributed by atoms with Crippen molar-refractivity contribution in [3.05, 3.63) is 35.9 Å². The van der Waals surface area contributed by atoms with Gasteiger partial charge in [-0.3, -0.25) is 0 Å². The van der Waals surface area contributed by atoms with E-state index >= 15 is 0 Å². The third kappa shape index (κ3) is 5.02. The zero-order chi connectivity index (χ0) is 15.1. The Morgan fingerprint density at radius 2 is 2.14 bits per heavy atom. The fourth-order valence-electron chi connectivity index (χ4n) is 2.58. The number of aliphatic hydroxyl groups is 1. The average Bonchev–Trinajstić information content (AvgIpc) is 3.02. The van der Waals surface area contributed by atoms with Gasteiger partial charge in [-0.05, 0) is 31.7 Å². The first kappa shape index (κ1) is 15.8. The fourth-order valence-corrected chi connectivity index (χ4v) is 2.58. The van der Waals surface area contributed by atoms with Crippen LogP contribution in [0.25, 0.3) is 0 Å². The second-order valence-corrected chi connectivity index (χ2v) is 5.53. The number of nitrogens with one attached hydrogen (secondary N) is 2. The molecule has 1 fully saturated rings. The molecule has 0 saturated carbocycles. The van der Waals surface area contributed by atoms with E-state index < -0.39 is 0 Å². The van der Waals surface area contributed by atoms with Crippen molar-refractivity contribution in [1.82, 2.24) is 10.6 Å². The number of carbonyl (C=O) groups excluding carboxylic acids is 1. The van der Waals surface area contributed by atoms with E-state index in [0.717, 1.165) is 25.0 Å². The molecule has 116 valence electrons. The molecule has 2 unspecified atom stereocenters. The first-order valence-electron chi connectivity index (χ1n) is 7.52. The molecule has 1 heterocycles. The van der Waals surface area contributed by atoms with Crippen LogP contribution in [0.3, 0.4) is 0 Å². The summed E-state index contributed by atoms with van der Waals surface area (Å²) in [5, 5.41) is 15.1. The second kappa shape index (κ2) is 8.00. The quantitative estimate of drug-likeness (QED) is 0.743. The molecule has 1 aromatic rings. The highest BCUT2D eigenvalue weighted by Gasteiger charge is 2.24. The van der Waals surface area contributed by atoms with Crippen LogP contribution < -0.4 is 10.6 Å². The first-order valence-corrected chi connectivity index (χ1v) is 7.52. The summed E-state index contributed by atoms with van der Waals surface area (Å²) in [5.41, 5.74) is 1.09. The molecular weight excluding hydrogens is 268 g/mol. The molecular formula is C16H24N2O3. The van der Waals surface area contributed by atoms with Crippen LogP contribution in [0.2, 0.25) is 0 Å². The highest BCUT2D eigenvalue weighted by Crippen LogP contribution is 2.15. The molecule has 3 N–H and O–H groups in total. The maximum atomic E-state index is 12.0. The Morgan fingerprint density at radius 3 is 2.76 bits per heavy atom. The maximum Gasteiger partial charge on any atom is 0.315 e. The molecule has 0 aromatic heterocycles. The lowest BCUT2D eigenvalue weighted by Gasteiger charge is -2.22. The van der Waals surface area contributed by atoms with Crippen LogP contribution in [0, 0.1) is 0 Å². The Hall–Kier alpha value is -1.59. The minimum atomic E-state index is -0.288. The van der Waals surface area contributed by atoms with E-state index in [1.165, 1.54) is 0 Å². The van der Waals surface area contributed by atoms with Gasteiger partial charge in [0.2, 0.25) is 0 Å². The summed E-state index contributed by atoms with van der Waals surface area (Å²) in [6, 6.07) is 9.24. The fraction of sp³-hybridized carbons (Fsp3) is 0.562. The van der Waals surface area contributed by atoms with E-state index in [0.29, 0.717) is 6.42 Å². The molecule has 0 radical (unpaired) electrons. The number of ether oxygens (including phenoxy) is 1. The number of aliphatic hydroxyl groups excluding tert-OH is 1. The Balaban J connectivity index is 1.79. The number of carbonyl (C=O) groups is 1. The number of benzene rings is 1. The summed E-state index contributed by atoms with van der Waals surface area (Å²) in [6.45, 7) is 2.63. The highest BCUT2D eigenvalue weighted by atomic mass is 16.5. The molecule has 0 aliphatic carbocycles. The lowest BCUT2D eigenvalue weighted by Crippen LogP contribution is -2.50. The van der Waals surface area contributed by atoms with E-state index in [2.05, 4.69) is 10.6 Å². The zero-order valence-corrected chi connectivity index (χ0v) is 12.4. The molecule has 2 rings (SSSR count). The highest BCUT2D eigenvalue weighted by molar-refractivity contribution is 5.74. The lowest BCUT2D eigenvalue weighted by molar-refractivity contribution is 0.0856. The van der Waals surface area contributed by atoms with Crippen molar-refractivity contribution in [3.8, 4) is 0 Å². The zero-order valence-electron chi connectivity index (χ0n) is 12.4. The largest absolute Gasteiger partial charge is 0.394 e. The van der Waals surface area contributed by atoms with Gasteiger partial charge in [0.05, 0.1) is 24.8 Å². The van der Waals surface area contributed by atoms with Crippen molar-refractivity contribution >= 4 is 6.03 Å². The van der Waals surface area contributed by atoms with E-state index in [4.69, 9.17) is 4.74 Å². The van der Waals surface area contributed by atoms with Gasteiger partial charge >= 0.3 is 6.03 Å². The van der Waals surface area contributed by atoms with Crippen molar-refractivity contribution in [1.29, 1.82) is 0 Å². The molecule has 3 atom stereocenters. The minimum Gasteiger partial charge on any atom is -0.394 e. The van der Waals surface area contributed by atoms with Crippen LogP contribution >= 0.6 is 0 Å². The second-order valence-electron chi connectivity index (χ2n) is 5.53. The Morgan fingerprint density at radius 1 is 1.38 bits per heavy atom. The van der Waals surface area contributed by atoms with Gasteiger partial charge in [-0.2, -0.15) is 0 Å². The van der Waals surface area contributed by atoms with Gasteiger partial charge in [0.15, 0.2) is 0 Å². The normalized spacial score (nSPS) is 20.8. The summed E-state index contributed by atoms with van der Waals surface area (Å²) in [6.07, 6.45) is 2.73. The number of amides is 2. The van der Waals surface area contributed by atoms with Crippen LogP contribution in [0.4, 0.5) is 4.79 Å². The van der Waals surface area contributed by atoms with E-state index in [-0.39, 0.29) is 30.8 Å². The number of rotatable bonds is 6. The summed E-state index contributed by atoms with van der Waals surface area (Å²) in [7, 11) is 0. The molecule has 1 aliphatic rings. The molecule has 1 aromatic carbocycles. The van der Waals surface area contributed by atoms with Gasteiger partial charge in [0.25, 0.3) is 0 Å². The SMILES string of the molecule is CC(NC(=O)N[C@H](CO)Cc1ccccc1)C1CCCO1. The minimum absolute atomic E-state index is 0.0245. The van der Waals surface area contributed by atoms with Crippen molar-refractivity contribution < 1.29 is 14.6 Å². The molecule has 5 nitrogen and oxygen atoms in total. The topological polar surface area (TPSA) is 70.6 Å². The standard InChI is InChI=1S/C16H24N2O3/c1-12(15-8-5-9-21-15)17-16(20)18-14(11-19)10-13-6-3-2-4-7-13/h2-4,6-7,12,14-15,19H,5,8-11H2,1H3,(H2,17,18,20)/t12?,14-,15?/m0/s1. The Bertz CT molecular complexity index is 432. The molecule has 2 amide bonds. The third-order valence-electron chi connectivity index (χ3n) is 3.76. The molecule has 0 spiro atoms. The summed E-state index contributed by atoms with van der Waals surface area (Å²) >= 11 is 0. The van der Waals surface area contributed by atoms with Gasteiger partial charge in [0, 0.05) is 6.61 Å². The molecule has 1 saturated heterocycles. The predicted molar refractivity (Wildman–Crippen MR) is 81.1 cm³/mol.